The zero-order valence-electron chi connectivity index (χ0n) is 8.48. The molecule has 0 amide bonds. The summed E-state index contributed by atoms with van der Waals surface area (Å²) >= 11 is 5.80. The maximum atomic E-state index is 11.1. The second-order valence-electron chi connectivity index (χ2n) is 3.22. The third kappa shape index (κ3) is 1.75. The monoisotopic (exact) mass is 240 g/mol. The molecule has 0 fully saturated rings. The van der Waals surface area contributed by atoms with Gasteiger partial charge in [-0.15, -0.1) is 0 Å². The van der Waals surface area contributed by atoms with Crippen LogP contribution in [0.5, 0.6) is 0 Å². The van der Waals surface area contributed by atoms with Gasteiger partial charge in [-0.2, -0.15) is 0 Å². The van der Waals surface area contributed by atoms with Crippen LogP contribution in [0, 0.1) is 0 Å². The Bertz CT molecular complexity index is 550. The van der Waals surface area contributed by atoms with Crippen molar-refractivity contribution >= 4 is 23.2 Å². The summed E-state index contributed by atoms with van der Waals surface area (Å²) in [6, 6.07) is 3.21. The van der Waals surface area contributed by atoms with Crippen LogP contribution in [0.1, 0.15) is 16.2 Å². The lowest BCUT2D eigenvalue weighted by Crippen LogP contribution is -2.05. The number of ether oxygens (including phenoxy) is 1. The van der Waals surface area contributed by atoms with Gasteiger partial charge < -0.3 is 9.84 Å². The smallest absolute Gasteiger partial charge is 0.354 e. The Balaban J connectivity index is 2.70. The van der Waals surface area contributed by atoms with Crippen molar-refractivity contribution in [3.05, 3.63) is 34.7 Å². The molecule has 2 aromatic heterocycles. The zero-order chi connectivity index (χ0) is 11.7. The molecule has 0 aromatic carbocycles. The average molecular weight is 241 g/mol. The molecule has 0 bridgehead atoms. The largest absolute Gasteiger partial charge is 0.477 e. The van der Waals surface area contributed by atoms with Gasteiger partial charge in [-0.3, -0.25) is 4.40 Å². The van der Waals surface area contributed by atoms with E-state index >= 15 is 0 Å². The molecule has 0 aliphatic heterocycles. The van der Waals surface area contributed by atoms with Crippen LogP contribution in [0.25, 0.3) is 5.65 Å². The van der Waals surface area contributed by atoms with Gasteiger partial charge in [-0.1, -0.05) is 11.6 Å². The number of halogens is 1. The van der Waals surface area contributed by atoms with E-state index in [9.17, 15) is 4.79 Å². The number of pyridine rings is 1. The SMILES string of the molecule is COCc1nc2cc(Cl)ccn2c1C(=O)O. The van der Waals surface area contributed by atoms with Crippen LogP contribution < -0.4 is 0 Å². The molecule has 2 rings (SSSR count). The molecule has 0 radical (unpaired) electrons. The highest BCUT2D eigenvalue weighted by Crippen LogP contribution is 2.17. The molecule has 84 valence electrons. The molecule has 0 unspecified atom stereocenters. The molecule has 6 heteroatoms. The van der Waals surface area contributed by atoms with E-state index in [0.29, 0.717) is 16.4 Å². The molecular formula is C10H9ClN2O3. The third-order valence-electron chi connectivity index (χ3n) is 2.14. The molecule has 5 nitrogen and oxygen atoms in total. The average Bonchev–Trinajstić information content (AvgIpc) is 2.55. The summed E-state index contributed by atoms with van der Waals surface area (Å²) in [4.78, 5) is 15.3. The standard InChI is InChI=1S/C10H9ClN2O3/c1-16-5-7-9(10(14)15)13-3-2-6(11)4-8(13)12-7/h2-4H,5H2,1H3,(H,14,15). The van der Waals surface area contributed by atoms with Crippen molar-refractivity contribution in [2.24, 2.45) is 0 Å². The van der Waals surface area contributed by atoms with E-state index in [-0.39, 0.29) is 12.3 Å². The van der Waals surface area contributed by atoms with Crippen molar-refractivity contribution in [3.63, 3.8) is 0 Å². The Labute approximate surface area is 96.2 Å². The van der Waals surface area contributed by atoms with Gasteiger partial charge in [0.1, 0.15) is 11.3 Å². The van der Waals surface area contributed by atoms with Crippen molar-refractivity contribution in [2.75, 3.05) is 7.11 Å². The maximum Gasteiger partial charge on any atom is 0.354 e. The highest BCUT2D eigenvalue weighted by molar-refractivity contribution is 6.30. The highest BCUT2D eigenvalue weighted by atomic mass is 35.5. The molecule has 0 saturated heterocycles. The van der Waals surface area contributed by atoms with Crippen LogP contribution in [-0.2, 0) is 11.3 Å². The summed E-state index contributed by atoms with van der Waals surface area (Å²) in [5, 5.41) is 9.61. The van der Waals surface area contributed by atoms with E-state index in [1.807, 2.05) is 0 Å². The fourth-order valence-corrected chi connectivity index (χ4v) is 1.69. The lowest BCUT2D eigenvalue weighted by Gasteiger charge is -1.98. The Kier molecular flexibility index (Phi) is 2.80. The predicted molar refractivity (Wildman–Crippen MR) is 57.9 cm³/mol. The summed E-state index contributed by atoms with van der Waals surface area (Å²) < 4.78 is 6.38. The summed E-state index contributed by atoms with van der Waals surface area (Å²) in [5.41, 5.74) is 0.989. The predicted octanol–water partition coefficient (Wildman–Crippen LogP) is 1.83. The number of imidazole rings is 1. The molecule has 0 aliphatic carbocycles. The second-order valence-corrected chi connectivity index (χ2v) is 3.65. The van der Waals surface area contributed by atoms with Crippen LogP contribution in [0.3, 0.4) is 0 Å². The maximum absolute atomic E-state index is 11.1. The van der Waals surface area contributed by atoms with Crippen molar-refractivity contribution < 1.29 is 14.6 Å². The third-order valence-corrected chi connectivity index (χ3v) is 2.38. The van der Waals surface area contributed by atoms with Gasteiger partial charge in [0.25, 0.3) is 0 Å². The van der Waals surface area contributed by atoms with Gasteiger partial charge in [0.05, 0.1) is 6.61 Å². The van der Waals surface area contributed by atoms with Gasteiger partial charge in [0.15, 0.2) is 5.69 Å². The lowest BCUT2D eigenvalue weighted by molar-refractivity contribution is 0.0683. The number of methoxy groups -OCH3 is 1. The van der Waals surface area contributed by atoms with E-state index in [1.165, 1.54) is 11.5 Å². The van der Waals surface area contributed by atoms with Gasteiger partial charge in [0, 0.05) is 24.4 Å². The number of carboxylic acids is 1. The molecule has 0 spiro atoms. The Morgan fingerprint density at radius 3 is 3.06 bits per heavy atom. The number of aromatic nitrogens is 2. The number of fused-ring (bicyclic) bond motifs is 1. The fourth-order valence-electron chi connectivity index (χ4n) is 1.53. The number of nitrogens with zero attached hydrogens (tertiary/aromatic N) is 2. The minimum absolute atomic E-state index is 0.105. The van der Waals surface area contributed by atoms with Crippen molar-refractivity contribution in [1.82, 2.24) is 9.38 Å². The van der Waals surface area contributed by atoms with Gasteiger partial charge in [-0.25, -0.2) is 9.78 Å². The van der Waals surface area contributed by atoms with Crippen molar-refractivity contribution in [3.8, 4) is 0 Å². The summed E-state index contributed by atoms with van der Waals surface area (Å²) in [6.45, 7) is 0.154. The van der Waals surface area contributed by atoms with E-state index < -0.39 is 5.97 Å². The van der Waals surface area contributed by atoms with E-state index in [1.54, 1.807) is 18.3 Å². The van der Waals surface area contributed by atoms with Crippen LogP contribution in [0.4, 0.5) is 0 Å². The van der Waals surface area contributed by atoms with Crippen molar-refractivity contribution in [1.29, 1.82) is 0 Å². The molecule has 1 N–H and O–H groups in total. The molecule has 2 heterocycles. The zero-order valence-corrected chi connectivity index (χ0v) is 9.23. The number of rotatable bonds is 3. The van der Waals surface area contributed by atoms with Gasteiger partial charge in [0.2, 0.25) is 0 Å². The molecular weight excluding hydrogens is 232 g/mol. The lowest BCUT2D eigenvalue weighted by atomic mass is 10.3. The first-order valence-electron chi connectivity index (χ1n) is 4.52. The fraction of sp³-hybridized carbons (Fsp3) is 0.200. The van der Waals surface area contributed by atoms with E-state index in [0.717, 1.165) is 0 Å². The first-order valence-corrected chi connectivity index (χ1v) is 4.90. The van der Waals surface area contributed by atoms with Gasteiger partial charge >= 0.3 is 5.97 Å². The number of carbonyl (C=O) groups is 1. The number of carboxylic acid groups (broad SMARTS) is 1. The van der Waals surface area contributed by atoms with Crippen LogP contribution in [0.2, 0.25) is 5.02 Å². The van der Waals surface area contributed by atoms with E-state index in [2.05, 4.69) is 4.98 Å². The second kappa shape index (κ2) is 4.11. The first-order chi connectivity index (χ1) is 7.63. The van der Waals surface area contributed by atoms with Crippen LogP contribution in [0.15, 0.2) is 18.3 Å². The first kappa shape index (κ1) is 10.9. The minimum Gasteiger partial charge on any atom is -0.477 e. The van der Waals surface area contributed by atoms with Crippen molar-refractivity contribution in [2.45, 2.75) is 6.61 Å². The summed E-state index contributed by atoms with van der Waals surface area (Å²) in [6.07, 6.45) is 1.58. The molecule has 0 atom stereocenters. The normalized spacial score (nSPS) is 10.9. The summed E-state index contributed by atoms with van der Waals surface area (Å²) in [7, 11) is 1.49. The van der Waals surface area contributed by atoms with Crippen LogP contribution in [-0.4, -0.2) is 27.6 Å². The number of hydrogen-bond acceptors (Lipinski definition) is 3. The topological polar surface area (TPSA) is 63.8 Å². The number of aromatic carboxylic acids is 1. The van der Waals surface area contributed by atoms with Gasteiger partial charge in [-0.05, 0) is 6.07 Å². The van der Waals surface area contributed by atoms with E-state index in [4.69, 9.17) is 21.4 Å². The Morgan fingerprint density at radius 1 is 1.69 bits per heavy atom. The minimum atomic E-state index is -1.04. The molecule has 0 saturated carbocycles. The molecule has 16 heavy (non-hydrogen) atoms. The van der Waals surface area contributed by atoms with Crippen LogP contribution >= 0.6 is 11.6 Å². The highest BCUT2D eigenvalue weighted by Gasteiger charge is 2.18. The Morgan fingerprint density at radius 2 is 2.44 bits per heavy atom. The number of hydrogen-bond donors (Lipinski definition) is 1. The molecule has 0 aliphatic rings. The Hall–Kier alpha value is -1.59. The summed E-state index contributed by atoms with van der Waals surface area (Å²) in [5.74, 6) is -1.04. The molecule has 2 aromatic rings. The quantitative estimate of drug-likeness (QED) is 0.889.